The molecule has 0 aliphatic carbocycles. The number of benzene rings is 2. The molecule has 0 aromatic heterocycles. The van der Waals surface area contributed by atoms with E-state index in [1.807, 2.05) is 42.5 Å². The quantitative estimate of drug-likeness (QED) is 0.425. The molecule has 0 bridgehead atoms. The van der Waals surface area contributed by atoms with Crippen LogP contribution in [0, 0.1) is 11.3 Å². The molecule has 0 saturated carbocycles. The summed E-state index contributed by atoms with van der Waals surface area (Å²) in [5, 5.41) is 15.5. The second-order valence-corrected chi connectivity index (χ2v) is 5.97. The minimum Gasteiger partial charge on any atom is -0.497 e. The van der Waals surface area contributed by atoms with Crippen LogP contribution in [-0.4, -0.2) is 19.6 Å². The van der Waals surface area contributed by atoms with Crippen molar-refractivity contribution in [2.24, 2.45) is 0 Å². The Hall–Kier alpha value is -2.97. The fraction of sp³-hybridized carbons (Fsp3) is 0.200. The van der Waals surface area contributed by atoms with Crippen molar-refractivity contribution in [1.29, 1.82) is 5.26 Å². The van der Waals surface area contributed by atoms with E-state index in [0.717, 1.165) is 23.3 Å². The molecule has 1 amide bonds. The van der Waals surface area contributed by atoms with Crippen LogP contribution in [0.5, 0.6) is 5.75 Å². The first kappa shape index (κ1) is 19.4. The third-order valence-electron chi connectivity index (χ3n) is 3.69. The summed E-state index contributed by atoms with van der Waals surface area (Å²) < 4.78 is 5.12. The highest BCUT2D eigenvalue weighted by molar-refractivity contribution is 6.30. The SMILES string of the molecule is COc1ccc(CCN/C=C(/C#N)C(=O)NCc2ccc(Cl)cc2)cc1. The summed E-state index contributed by atoms with van der Waals surface area (Å²) in [5.41, 5.74) is 2.08. The van der Waals surface area contributed by atoms with Crippen molar-refractivity contribution < 1.29 is 9.53 Å². The van der Waals surface area contributed by atoms with Gasteiger partial charge in [-0.15, -0.1) is 0 Å². The molecular weight excluding hydrogens is 350 g/mol. The van der Waals surface area contributed by atoms with Crippen molar-refractivity contribution in [2.45, 2.75) is 13.0 Å². The van der Waals surface area contributed by atoms with Crippen LogP contribution in [-0.2, 0) is 17.8 Å². The highest BCUT2D eigenvalue weighted by Gasteiger charge is 2.08. The molecule has 2 N–H and O–H groups in total. The Morgan fingerprint density at radius 2 is 1.81 bits per heavy atom. The number of halogens is 1. The summed E-state index contributed by atoms with van der Waals surface area (Å²) in [6.45, 7) is 0.947. The Bertz CT molecular complexity index is 793. The molecule has 0 atom stereocenters. The molecule has 0 aliphatic rings. The zero-order valence-electron chi connectivity index (χ0n) is 14.5. The number of nitrogens with zero attached hydrogens (tertiary/aromatic N) is 1. The second kappa shape index (κ2) is 10.1. The van der Waals surface area contributed by atoms with Gasteiger partial charge in [-0.1, -0.05) is 35.9 Å². The monoisotopic (exact) mass is 369 g/mol. The Morgan fingerprint density at radius 3 is 2.42 bits per heavy atom. The van der Waals surface area contributed by atoms with Crippen LogP contribution in [0.1, 0.15) is 11.1 Å². The fourth-order valence-corrected chi connectivity index (χ4v) is 2.34. The first-order valence-corrected chi connectivity index (χ1v) is 8.49. The van der Waals surface area contributed by atoms with Crippen molar-refractivity contribution in [1.82, 2.24) is 10.6 Å². The number of nitriles is 1. The average Bonchev–Trinajstić information content (AvgIpc) is 2.68. The zero-order valence-corrected chi connectivity index (χ0v) is 15.2. The van der Waals surface area contributed by atoms with Crippen LogP contribution in [0.3, 0.4) is 0 Å². The number of rotatable bonds is 8. The third-order valence-corrected chi connectivity index (χ3v) is 3.95. The van der Waals surface area contributed by atoms with Gasteiger partial charge >= 0.3 is 0 Å². The topological polar surface area (TPSA) is 74.1 Å². The van der Waals surface area contributed by atoms with Gasteiger partial charge in [0.25, 0.3) is 5.91 Å². The molecule has 0 spiro atoms. The van der Waals surface area contributed by atoms with Crippen molar-refractivity contribution in [3.05, 3.63) is 76.5 Å². The van der Waals surface area contributed by atoms with E-state index in [1.165, 1.54) is 6.20 Å². The number of hydrogen-bond acceptors (Lipinski definition) is 4. The van der Waals surface area contributed by atoms with Gasteiger partial charge in [0.1, 0.15) is 17.4 Å². The molecule has 2 aromatic rings. The van der Waals surface area contributed by atoms with E-state index in [2.05, 4.69) is 10.6 Å². The van der Waals surface area contributed by atoms with Crippen LogP contribution >= 0.6 is 11.6 Å². The number of hydrogen-bond donors (Lipinski definition) is 2. The molecule has 134 valence electrons. The molecule has 0 fully saturated rings. The van der Waals surface area contributed by atoms with E-state index < -0.39 is 5.91 Å². The van der Waals surface area contributed by atoms with Crippen LogP contribution in [0.4, 0.5) is 0 Å². The lowest BCUT2D eigenvalue weighted by molar-refractivity contribution is -0.117. The molecule has 6 heteroatoms. The first-order valence-electron chi connectivity index (χ1n) is 8.11. The number of carbonyl (C=O) groups excluding carboxylic acids is 1. The van der Waals surface area contributed by atoms with Crippen molar-refractivity contribution in [3.8, 4) is 11.8 Å². The van der Waals surface area contributed by atoms with Gasteiger partial charge in [-0.3, -0.25) is 4.79 Å². The van der Waals surface area contributed by atoms with E-state index in [-0.39, 0.29) is 5.57 Å². The Morgan fingerprint density at radius 1 is 1.15 bits per heavy atom. The predicted molar refractivity (Wildman–Crippen MR) is 102 cm³/mol. The standard InChI is InChI=1S/C20H20ClN3O2/c1-26-19-8-4-15(5-9-19)10-11-23-14-17(12-22)20(25)24-13-16-2-6-18(21)7-3-16/h2-9,14,23H,10-11,13H2,1H3,(H,24,25)/b17-14-. The highest BCUT2D eigenvalue weighted by atomic mass is 35.5. The summed E-state index contributed by atoms with van der Waals surface area (Å²) in [4.78, 5) is 12.1. The molecule has 0 unspecified atom stereocenters. The molecule has 5 nitrogen and oxygen atoms in total. The number of carbonyl (C=O) groups is 1. The summed E-state index contributed by atoms with van der Waals surface area (Å²) >= 11 is 5.82. The van der Waals surface area contributed by atoms with Crippen molar-refractivity contribution >= 4 is 17.5 Å². The van der Waals surface area contributed by atoms with Crippen molar-refractivity contribution in [2.75, 3.05) is 13.7 Å². The van der Waals surface area contributed by atoms with Gasteiger partial charge in [-0.2, -0.15) is 5.26 Å². The second-order valence-electron chi connectivity index (χ2n) is 5.53. The van der Waals surface area contributed by atoms with Gasteiger partial charge < -0.3 is 15.4 Å². The predicted octanol–water partition coefficient (Wildman–Crippen LogP) is 3.20. The van der Waals surface area contributed by atoms with Gasteiger partial charge in [-0.05, 0) is 41.8 Å². The van der Waals surface area contributed by atoms with Gasteiger partial charge in [0.2, 0.25) is 0 Å². The molecule has 2 aromatic carbocycles. The summed E-state index contributed by atoms with van der Waals surface area (Å²) in [6, 6.07) is 16.8. The third kappa shape index (κ3) is 6.15. The Balaban J connectivity index is 1.79. The van der Waals surface area contributed by atoms with E-state index in [9.17, 15) is 4.79 Å². The fourth-order valence-electron chi connectivity index (χ4n) is 2.21. The number of nitrogens with one attached hydrogen (secondary N) is 2. The van der Waals surface area contributed by atoms with Crippen molar-refractivity contribution in [3.63, 3.8) is 0 Å². The van der Waals surface area contributed by atoms with Crippen LogP contribution < -0.4 is 15.4 Å². The Kier molecular flexibility index (Phi) is 7.53. The van der Waals surface area contributed by atoms with Crippen LogP contribution in [0.25, 0.3) is 0 Å². The van der Waals surface area contributed by atoms with Gasteiger partial charge in [0, 0.05) is 24.3 Å². The normalized spacial score (nSPS) is 10.7. The maximum absolute atomic E-state index is 12.1. The lowest BCUT2D eigenvalue weighted by Gasteiger charge is -2.06. The van der Waals surface area contributed by atoms with E-state index in [4.69, 9.17) is 21.6 Å². The largest absolute Gasteiger partial charge is 0.497 e. The number of amides is 1. The molecule has 0 heterocycles. The summed E-state index contributed by atoms with van der Waals surface area (Å²) in [5.74, 6) is 0.394. The van der Waals surface area contributed by atoms with Crippen LogP contribution in [0.2, 0.25) is 5.02 Å². The number of ether oxygens (including phenoxy) is 1. The van der Waals surface area contributed by atoms with E-state index in [0.29, 0.717) is 18.1 Å². The zero-order chi connectivity index (χ0) is 18.8. The highest BCUT2D eigenvalue weighted by Crippen LogP contribution is 2.11. The molecule has 0 saturated heterocycles. The first-order chi connectivity index (χ1) is 12.6. The molecular formula is C20H20ClN3O2. The molecule has 26 heavy (non-hydrogen) atoms. The Labute approximate surface area is 158 Å². The maximum atomic E-state index is 12.1. The number of methoxy groups -OCH3 is 1. The van der Waals surface area contributed by atoms with Gasteiger partial charge in [-0.25, -0.2) is 0 Å². The summed E-state index contributed by atoms with van der Waals surface area (Å²) in [6.07, 6.45) is 2.21. The van der Waals surface area contributed by atoms with E-state index >= 15 is 0 Å². The lowest BCUT2D eigenvalue weighted by Crippen LogP contribution is -2.25. The molecule has 2 rings (SSSR count). The minimum absolute atomic E-state index is 0.0358. The maximum Gasteiger partial charge on any atom is 0.263 e. The molecule has 0 aliphatic heterocycles. The molecule has 0 radical (unpaired) electrons. The van der Waals surface area contributed by atoms with E-state index in [1.54, 1.807) is 19.2 Å². The summed E-state index contributed by atoms with van der Waals surface area (Å²) in [7, 11) is 1.63. The van der Waals surface area contributed by atoms with Gasteiger partial charge in [0.05, 0.1) is 7.11 Å². The van der Waals surface area contributed by atoms with Crippen LogP contribution in [0.15, 0.2) is 60.3 Å². The lowest BCUT2D eigenvalue weighted by atomic mass is 10.1. The average molecular weight is 370 g/mol. The van der Waals surface area contributed by atoms with Gasteiger partial charge in [0.15, 0.2) is 0 Å². The smallest absolute Gasteiger partial charge is 0.263 e. The minimum atomic E-state index is -0.417.